The molecule has 0 bridgehead atoms. The van der Waals surface area contributed by atoms with Gasteiger partial charge in [-0.3, -0.25) is 10.0 Å². The molecule has 4 aromatic carbocycles. The van der Waals surface area contributed by atoms with Crippen molar-refractivity contribution in [3.05, 3.63) is 108 Å². The van der Waals surface area contributed by atoms with E-state index in [1.807, 2.05) is 48.5 Å². The Morgan fingerprint density at radius 3 is 1.27 bits per heavy atom. The summed E-state index contributed by atoms with van der Waals surface area (Å²) >= 11 is 0. The summed E-state index contributed by atoms with van der Waals surface area (Å²) in [6.07, 6.45) is 0.319. The summed E-state index contributed by atoms with van der Waals surface area (Å²) in [5, 5.41) is 28.4. The molecule has 0 aliphatic rings. The number of carbonyl (C=O) groups is 1. The van der Waals surface area contributed by atoms with Crippen molar-refractivity contribution in [1.29, 1.82) is 10.5 Å². The van der Waals surface area contributed by atoms with Crippen LogP contribution in [0.1, 0.15) is 11.1 Å². The van der Waals surface area contributed by atoms with Gasteiger partial charge in [-0.1, -0.05) is 48.5 Å². The summed E-state index contributed by atoms with van der Waals surface area (Å²) < 4.78 is 11.6. The van der Waals surface area contributed by atoms with Gasteiger partial charge in [0.15, 0.2) is 0 Å². The number of rotatable bonds is 10. The van der Waals surface area contributed by atoms with Crippen LogP contribution < -0.4 is 9.47 Å². The van der Waals surface area contributed by atoms with Crippen LogP contribution in [0.2, 0.25) is 0 Å². The van der Waals surface area contributed by atoms with Crippen molar-refractivity contribution in [2.24, 2.45) is 0 Å². The molecule has 0 unspecified atom stereocenters. The lowest BCUT2D eigenvalue weighted by Crippen LogP contribution is -2.40. The number of carbonyl (C=O) groups excluding carboxylic acids is 1. The van der Waals surface area contributed by atoms with Gasteiger partial charge in [-0.05, 0) is 70.8 Å². The maximum atomic E-state index is 11.2. The van der Waals surface area contributed by atoms with Crippen LogP contribution in [0.15, 0.2) is 97.1 Å². The number of nitriles is 2. The van der Waals surface area contributed by atoms with Crippen molar-refractivity contribution >= 4 is 6.41 Å². The highest BCUT2D eigenvalue weighted by Gasteiger charge is 2.18. The summed E-state index contributed by atoms with van der Waals surface area (Å²) in [7, 11) is 0. The molecule has 0 saturated heterocycles. The van der Waals surface area contributed by atoms with Gasteiger partial charge in [0.05, 0.1) is 23.3 Å². The molecule has 4 aromatic rings. The fourth-order valence-corrected chi connectivity index (χ4v) is 3.63. The number of hydroxylamine groups is 2. The van der Waals surface area contributed by atoms with Crippen molar-refractivity contribution in [2.75, 3.05) is 13.2 Å². The number of amides is 1. The fraction of sp³-hybridized carbons (Fsp3) is 0.100. The largest absolute Gasteiger partial charge is 0.491 e. The molecular weight excluding hydrogens is 466 g/mol. The Balaban J connectivity index is 1.34. The third-order valence-electron chi connectivity index (χ3n) is 5.77. The average Bonchev–Trinajstić information content (AvgIpc) is 2.97. The summed E-state index contributed by atoms with van der Waals surface area (Å²) in [5.74, 6) is 1.15. The maximum Gasteiger partial charge on any atom is 0.233 e. The molecule has 1 amide bonds. The molecule has 0 heterocycles. The fourth-order valence-electron chi connectivity index (χ4n) is 3.63. The monoisotopic (exact) mass is 489 g/mol. The van der Waals surface area contributed by atoms with Crippen LogP contribution in [-0.2, 0) is 4.79 Å². The molecule has 7 heteroatoms. The third-order valence-corrected chi connectivity index (χ3v) is 5.77. The van der Waals surface area contributed by atoms with Gasteiger partial charge in [0, 0.05) is 0 Å². The lowest BCUT2D eigenvalue weighted by molar-refractivity contribution is -0.165. The minimum absolute atomic E-state index is 0.0226. The molecule has 7 nitrogen and oxygen atoms in total. The van der Waals surface area contributed by atoms with Crippen LogP contribution in [0.5, 0.6) is 11.5 Å². The summed E-state index contributed by atoms with van der Waals surface area (Å²) in [4.78, 5) is 11.2. The average molecular weight is 490 g/mol. The second-order valence-corrected chi connectivity index (χ2v) is 8.19. The zero-order valence-electron chi connectivity index (χ0n) is 19.8. The van der Waals surface area contributed by atoms with E-state index in [4.69, 9.17) is 20.0 Å². The van der Waals surface area contributed by atoms with Crippen molar-refractivity contribution < 1.29 is 19.5 Å². The number of hydrogen-bond donors (Lipinski definition) is 1. The third kappa shape index (κ3) is 6.52. The Morgan fingerprint density at radius 1 is 0.649 bits per heavy atom. The van der Waals surface area contributed by atoms with E-state index in [9.17, 15) is 10.0 Å². The predicted molar refractivity (Wildman–Crippen MR) is 138 cm³/mol. The van der Waals surface area contributed by atoms with Crippen molar-refractivity contribution in [2.45, 2.75) is 6.04 Å². The van der Waals surface area contributed by atoms with Crippen LogP contribution in [0.4, 0.5) is 0 Å². The van der Waals surface area contributed by atoms with Gasteiger partial charge in [-0.15, -0.1) is 0 Å². The van der Waals surface area contributed by atoms with E-state index in [1.165, 1.54) is 0 Å². The maximum absolute atomic E-state index is 11.2. The zero-order valence-corrected chi connectivity index (χ0v) is 19.8. The topological polar surface area (TPSA) is 107 Å². The first-order valence-corrected chi connectivity index (χ1v) is 11.5. The van der Waals surface area contributed by atoms with Crippen LogP contribution in [0.3, 0.4) is 0 Å². The van der Waals surface area contributed by atoms with E-state index in [1.54, 1.807) is 48.5 Å². The van der Waals surface area contributed by atoms with E-state index in [0.29, 0.717) is 34.1 Å². The van der Waals surface area contributed by atoms with Gasteiger partial charge < -0.3 is 9.47 Å². The molecule has 0 atom stereocenters. The van der Waals surface area contributed by atoms with E-state index >= 15 is 0 Å². The minimum atomic E-state index is -0.728. The Bertz CT molecular complexity index is 1300. The van der Waals surface area contributed by atoms with Crippen molar-refractivity contribution in [3.8, 4) is 45.9 Å². The van der Waals surface area contributed by atoms with E-state index in [-0.39, 0.29) is 13.2 Å². The molecule has 0 fully saturated rings. The van der Waals surface area contributed by atoms with Gasteiger partial charge in [-0.2, -0.15) is 10.5 Å². The second kappa shape index (κ2) is 12.0. The van der Waals surface area contributed by atoms with Gasteiger partial charge in [0.1, 0.15) is 30.8 Å². The van der Waals surface area contributed by atoms with Crippen LogP contribution >= 0.6 is 0 Å². The Morgan fingerprint density at radius 2 is 0.973 bits per heavy atom. The molecular formula is C30H23N3O4. The lowest BCUT2D eigenvalue weighted by Gasteiger charge is -2.23. The Hall–Kier alpha value is -5.11. The van der Waals surface area contributed by atoms with Gasteiger partial charge in [-0.25, -0.2) is 5.06 Å². The highest BCUT2D eigenvalue weighted by Crippen LogP contribution is 2.24. The normalized spacial score (nSPS) is 10.3. The van der Waals surface area contributed by atoms with Crippen LogP contribution in [0, 0.1) is 22.7 Å². The molecule has 0 radical (unpaired) electrons. The van der Waals surface area contributed by atoms with Gasteiger partial charge in [0.2, 0.25) is 6.41 Å². The molecule has 182 valence electrons. The second-order valence-electron chi connectivity index (χ2n) is 8.19. The molecule has 0 aromatic heterocycles. The van der Waals surface area contributed by atoms with Gasteiger partial charge in [0.25, 0.3) is 0 Å². The van der Waals surface area contributed by atoms with Gasteiger partial charge >= 0.3 is 0 Å². The first-order chi connectivity index (χ1) is 18.1. The zero-order chi connectivity index (χ0) is 26.0. The first-order valence-electron chi connectivity index (χ1n) is 11.5. The smallest absolute Gasteiger partial charge is 0.233 e. The SMILES string of the molecule is N#Cc1ccc(-c2ccc(OCC(COc3ccc(-c4ccc(C#N)cc4)cc3)N(O)C=O)cc2)cc1. The summed E-state index contributed by atoms with van der Waals surface area (Å²) in [5.41, 5.74) is 5.09. The Kier molecular flexibility index (Phi) is 8.13. The Labute approximate surface area is 214 Å². The number of benzene rings is 4. The molecule has 1 N–H and O–H groups in total. The molecule has 0 aliphatic heterocycles. The number of ether oxygens (including phenoxy) is 2. The van der Waals surface area contributed by atoms with Crippen LogP contribution in [-0.4, -0.2) is 35.9 Å². The van der Waals surface area contributed by atoms with E-state index in [0.717, 1.165) is 22.3 Å². The molecule has 4 rings (SSSR count). The molecule has 0 aliphatic carbocycles. The van der Waals surface area contributed by atoms with E-state index < -0.39 is 6.04 Å². The summed E-state index contributed by atoms with van der Waals surface area (Å²) in [6, 6.07) is 32.8. The van der Waals surface area contributed by atoms with Crippen LogP contribution in [0.25, 0.3) is 22.3 Å². The van der Waals surface area contributed by atoms with Crippen molar-refractivity contribution in [3.63, 3.8) is 0 Å². The predicted octanol–water partition coefficient (Wildman–Crippen LogP) is 5.44. The standard InChI is InChI=1S/C30H23N3O4/c31-17-22-1-5-24(6-2-22)26-9-13-29(14-10-26)36-19-28(33(35)21-34)20-37-30-15-11-27(12-16-30)25-7-3-23(18-32)4-8-25/h1-16,21,28,35H,19-20H2. The molecule has 0 saturated carbocycles. The number of nitrogens with zero attached hydrogens (tertiary/aromatic N) is 3. The highest BCUT2D eigenvalue weighted by molar-refractivity contribution is 5.66. The highest BCUT2D eigenvalue weighted by atomic mass is 16.5. The lowest BCUT2D eigenvalue weighted by atomic mass is 10.0. The number of hydrogen-bond acceptors (Lipinski definition) is 6. The first kappa shape index (κ1) is 25.0. The molecule has 37 heavy (non-hydrogen) atoms. The van der Waals surface area contributed by atoms with E-state index in [2.05, 4.69) is 12.1 Å². The quantitative estimate of drug-likeness (QED) is 0.181. The minimum Gasteiger partial charge on any atom is -0.491 e. The molecule has 0 spiro atoms. The summed E-state index contributed by atoms with van der Waals surface area (Å²) in [6.45, 7) is 0.0452. The van der Waals surface area contributed by atoms with Crippen molar-refractivity contribution in [1.82, 2.24) is 5.06 Å².